The predicted octanol–water partition coefficient (Wildman–Crippen LogP) is 2.68. The van der Waals surface area contributed by atoms with Crippen molar-refractivity contribution in [2.24, 2.45) is 0 Å². The maximum Gasteiger partial charge on any atom is 0.261 e. The van der Waals surface area contributed by atoms with Crippen molar-refractivity contribution in [1.82, 2.24) is 5.32 Å². The number of aromatic hydroxyl groups is 1. The molecule has 0 spiro atoms. The minimum absolute atomic E-state index is 0.0629. The van der Waals surface area contributed by atoms with Crippen LogP contribution in [0.15, 0.2) is 48.5 Å². The summed E-state index contributed by atoms with van der Waals surface area (Å²) >= 11 is 0. The van der Waals surface area contributed by atoms with Crippen LogP contribution in [-0.2, 0) is 11.3 Å². The molecule has 0 bridgehead atoms. The summed E-state index contributed by atoms with van der Waals surface area (Å²) in [5.41, 5.74) is 1.16. The minimum Gasteiger partial charge on any atom is -0.508 e. The van der Waals surface area contributed by atoms with Gasteiger partial charge in [-0.2, -0.15) is 0 Å². The molecule has 5 heteroatoms. The van der Waals surface area contributed by atoms with E-state index in [1.807, 2.05) is 0 Å². The Labute approximate surface area is 134 Å². The van der Waals surface area contributed by atoms with E-state index in [9.17, 15) is 14.7 Å². The summed E-state index contributed by atoms with van der Waals surface area (Å²) in [6.45, 7) is 3.31. The van der Waals surface area contributed by atoms with Crippen LogP contribution in [-0.4, -0.2) is 22.9 Å². The maximum absolute atomic E-state index is 12.1. The molecule has 0 saturated heterocycles. The predicted molar refractivity (Wildman–Crippen MR) is 86.5 cm³/mol. The molecule has 5 nitrogen and oxygen atoms in total. The number of hydrogen-bond acceptors (Lipinski definition) is 4. The van der Waals surface area contributed by atoms with Crippen molar-refractivity contribution in [3.63, 3.8) is 0 Å². The quantitative estimate of drug-likeness (QED) is 0.804. The van der Waals surface area contributed by atoms with Gasteiger partial charge in [0.1, 0.15) is 11.5 Å². The van der Waals surface area contributed by atoms with Crippen LogP contribution in [0.1, 0.15) is 29.8 Å². The fourth-order valence-corrected chi connectivity index (χ4v) is 2.03. The zero-order chi connectivity index (χ0) is 16.8. The van der Waals surface area contributed by atoms with Crippen molar-refractivity contribution in [1.29, 1.82) is 0 Å². The first-order valence-electron chi connectivity index (χ1n) is 7.29. The molecule has 2 aromatic carbocycles. The number of amides is 1. The molecule has 2 N–H and O–H groups in total. The Bertz CT molecular complexity index is 712. The van der Waals surface area contributed by atoms with Crippen LogP contribution in [0.5, 0.6) is 11.5 Å². The summed E-state index contributed by atoms with van der Waals surface area (Å²) in [5.74, 6) is 0.229. The summed E-state index contributed by atoms with van der Waals surface area (Å²) in [5, 5.41) is 12.4. The Morgan fingerprint density at radius 3 is 2.61 bits per heavy atom. The minimum atomic E-state index is -0.719. The van der Waals surface area contributed by atoms with E-state index >= 15 is 0 Å². The van der Waals surface area contributed by atoms with Gasteiger partial charge < -0.3 is 15.2 Å². The maximum atomic E-state index is 12.1. The molecule has 0 aliphatic rings. The number of ether oxygens (including phenoxy) is 1. The van der Waals surface area contributed by atoms with Crippen LogP contribution in [0, 0.1) is 0 Å². The Kier molecular flexibility index (Phi) is 5.36. The highest BCUT2D eigenvalue weighted by Gasteiger charge is 2.15. The molecule has 0 aliphatic heterocycles. The molecule has 0 fully saturated rings. The van der Waals surface area contributed by atoms with Crippen molar-refractivity contribution >= 4 is 11.7 Å². The van der Waals surface area contributed by atoms with Crippen LogP contribution in [0.25, 0.3) is 0 Å². The number of carbonyl (C=O) groups is 2. The molecule has 0 radical (unpaired) electrons. The first kappa shape index (κ1) is 16.5. The largest absolute Gasteiger partial charge is 0.508 e. The zero-order valence-corrected chi connectivity index (χ0v) is 13.1. The third-order valence-electron chi connectivity index (χ3n) is 3.37. The Morgan fingerprint density at radius 2 is 1.91 bits per heavy atom. The summed E-state index contributed by atoms with van der Waals surface area (Å²) < 4.78 is 5.56. The number of rotatable bonds is 6. The summed E-state index contributed by atoms with van der Waals surface area (Å²) in [6.07, 6.45) is -0.719. The van der Waals surface area contributed by atoms with Crippen LogP contribution in [0.4, 0.5) is 0 Å². The van der Waals surface area contributed by atoms with E-state index in [4.69, 9.17) is 4.74 Å². The van der Waals surface area contributed by atoms with Gasteiger partial charge in [0, 0.05) is 17.7 Å². The van der Waals surface area contributed by atoms with Gasteiger partial charge in [0.25, 0.3) is 5.91 Å². The first-order valence-corrected chi connectivity index (χ1v) is 7.29. The van der Waals surface area contributed by atoms with E-state index in [0.717, 1.165) is 0 Å². The molecule has 0 aliphatic carbocycles. The van der Waals surface area contributed by atoms with E-state index in [1.165, 1.54) is 6.92 Å². The molecular formula is C18H19NO4. The van der Waals surface area contributed by atoms with E-state index in [2.05, 4.69) is 5.32 Å². The van der Waals surface area contributed by atoms with Crippen molar-refractivity contribution in [3.8, 4) is 11.5 Å². The molecule has 0 heterocycles. The highest BCUT2D eigenvalue weighted by molar-refractivity contribution is 5.94. The number of carbonyl (C=O) groups excluding carboxylic acids is 2. The molecule has 1 atom stereocenters. The standard InChI is InChI=1S/C18H19NO4/c1-12(20)14-7-5-8-16(10-14)23-13(2)18(22)19-11-15-6-3-4-9-17(15)21/h3-10,13,21H,11H2,1-2H3,(H,19,22)/t13-/m1/s1. The van der Waals surface area contributed by atoms with Crippen LogP contribution >= 0.6 is 0 Å². The van der Waals surface area contributed by atoms with Gasteiger partial charge in [0.15, 0.2) is 11.9 Å². The van der Waals surface area contributed by atoms with Crippen molar-refractivity contribution < 1.29 is 19.4 Å². The van der Waals surface area contributed by atoms with Gasteiger partial charge in [-0.1, -0.05) is 30.3 Å². The zero-order valence-electron chi connectivity index (χ0n) is 13.1. The van der Waals surface area contributed by atoms with Gasteiger partial charge in [-0.3, -0.25) is 9.59 Å². The van der Waals surface area contributed by atoms with Gasteiger partial charge in [-0.05, 0) is 32.0 Å². The molecule has 0 saturated carbocycles. The van der Waals surface area contributed by atoms with E-state index in [1.54, 1.807) is 55.5 Å². The SMILES string of the molecule is CC(=O)c1cccc(O[C@H](C)C(=O)NCc2ccccc2O)c1. The molecule has 1 amide bonds. The Balaban J connectivity index is 1.94. The fraction of sp³-hybridized carbons (Fsp3) is 0.222. The molecule has 0 aromatic heterocycles. The molecule has 23 heavy (non-hydrogen) atoms. The highest BCUT2D eigenvalue weighted by Crippen LogP contribution is 2.17. The monoisotopic (exact) mass is 313 g/mol. The first-order chi connectivity index (χ1) is 11.0. The Hall–Kier alpha value is -2.82. The van der Waals surface area contributed by atoms with Gasteiger partial charge in [-0.15, -0.1) is 0 Å². The van der Waals surface area contributed by atoms with E-state index in [0.29, 0.717) is 16.9 Å². The molecule has 120 valence electrons. The molecule has 2 aromatic rings. The number of nitrogens with one attached hydrogen (secondary N) is 1. The van der Waals surface area contributed by atoms with E-state index < -0.39 is 6.10 Å². The van der Waals surface area contributed by atoms with Crippen LogP contribution in [0.2, 0.25) is 0 Å². The highest BCUT2D eigenvalue weighted by atomic mass is 16.5. The lowest BCUT2D eigenvalue weighted by molar-refractivity contribution is -0.127. The van der Waals surface area contributed by atoms with E-state index in [-0.39, 0.29) is 24.0 Å². The number of Topliss-reactive ketones (excluding diaryl/α,β-unsaturated/α-hetero) is 1. The van der Waals surface area contributed by atoms with Crippen molar-refractivity contribution in [3.05, 3.63) is 59.7 Å². The number of para-hydroxylation sites is 1. The third-order valence-corrected chi connectivity index (χ3v) is 3.37. The number of ketones is 1. The number of phenolic OH excluding ortho intramolecular Hbond substituents is 1. The second-order valence-electron chi connectivity index (χ2n) is 5.19. The third kappa shape index (κ3) is 4.57. The summed E-state index contributed by atoms with van der Waals surface area (Å²) in [6, 6.07) is 13.5. The lowest BCUT2D eigenvalue weighted by Crippen LogP contribution is -2.35. The number of phenols is 1. The fourth-order valence-electron chi connectivity index (χ4n) is 2.03. The summed E-state index contributed by atoms with van der Waals surface area (Å²) in [7, 11) is 0. The number of benzene rings is 2. The normalized spacial score (nSPS) is 11.6. The second-order valence-corrected chi connectivity index (χ2v) is 5.19. The van der Waals surface area contributed by atoms with Gasteiger partial charge in [0.05, 0.1) is 0 Å². The number of hydrogen-bond donors (Lipinski definition) is 2. The smallest absolute Gasteiger partial charge is 0.261 e. The van der Waals surface area contributed by atoms with Gasteiger partial charge in [-0.25, -0.2) is 0 Å². The topological polar surface area (TPSA) is 75.6 Å². The van der Waals surface area contributed by atoms with Gasteiger partial charge >= 0.3 is 0 Å². The second kappa shape index (κ2) is 7.45. The molecule has 0 unspecified atom stereocenters. The Morgan fingerprint density at radius 1 is 1.17 bits per heavy atom. The average Bonchev–Trinajstić information content (AvgIpc) is 2.54. The lowest BCUT2D eigenvalue weighted by Gasteiger charge is -2.15. The average molecular weight is 313 g/mol. The molecular weight excluding hydrogens is 294 g/mol. The van der Waals surface area contributed by atoms with Crippen LogP contribution < -0.4 is 10.1 Å². The van der Waals surface area contributed by atoms with Crippen molar-refractivity contribution in [2.75, 3.05) is 0 Å². The van der Waals surface area contributed by atoms with Gasteiger partial charge in [0.2, 0.25) is 0 Å². The lowest BCUT2D eigenvalue weighted by atomic mass is 10.1. The molecule has 2 rings (SSSR count). The van der Waals surface area contributed by atoms with Crippen LogP contribution in [0.3, 0.4) is 0 Å². The van der Waals surface area contributed by atoms with Crippen molar-refractivity contribution in [2.45, 2.75) is 26.5 Å². The summed E-state index contributed by atoms with van der Waals surface area (Å²) in [4.78, 5) is 23.4.